The summed E-state index contributed by atoms with van der Waals surface area (Å²) < 4.78 is 33.7. The van der Waals surface area contributed by atoms with Gasteiger partial charge in [-0.05, 0) is 36.5 Å². The molecule has 2 aliphatic rings. The molecule has 150 valence electrons. The lowest BCUT2D eigenvalue weighted by molar-refractivity contribution is -0.113. The van der Waals surface area contributed by atoms with Gasteiger partial charge >= 0.3 is 6.03 Å². The van der Waals surface area contributed by atoms with E-state index in [9.17, 15) is 18.4 Å². The predicted molar refractivity (Wildman–Crippen MR) is 104 cm³/mol. The molecule has 0 unspecified atom stereocenters. The third kappa shape index (κ3) is 3.96. The molecule has 0 bridgehead atoms. The summed E-state index contributed by atoms with van der Waals surface area (Å²) >= 11 is 0. The summed E-state index contributed by atoms with van der Waals surface area (Å²) in [5.74, 6) is -2.77. The first-order valence-corrected chi connectivity index (χ1v) is 9.27. The Labute approximate surface area is 166 Å². The van der Waals surface area contributed by atoms with Crippen molar-refractivity contribution in [3.05, 3.63) is 59.2 Å². The molecule has 8 heteroatoms. The summed E-state index contributed by atoms with van der Waals surface area (Å²) in [6.45, 7) is -0.0544. The number of ether oxygens (including phenoxy) is 1. The fourth-order valence-electron chi connectivity index (χ4n) is 3.44. The molecule has 6 nitrogen and oxygen atoms in total. The van der Waals surface area contributed by atoms with E-state index in [4.69, 9.17) is 4.74 Å². The number of nitrogens with zero attached hydrogens (tertiary/aromatic N) is 1. The minimum Gasteiger partial charge on any atom is -0.497 e. The highest BCUT2D eigenvalue weighted by molar-refractivity contribution is 6.44. The molecule has 0 radical (unpaired) electrons. The van der Waals surface area contributed by atoms with Crippen LogP contribution < -0.4 is 15.4 Å². The van der Waals surface area contributed by atoms with Crippen LogP contribution in [-0.2, 0) is 4.79 Å². The average molecular weight is 399 g/mol. The Morgan fingerprint density at radius 1 is 1.17 bits per heavy atom. The topological polar surface area (TPSA) is 79.8 Å². The number of halogens is 2. The molecule has 2 fully saturated rings. The van der Waals surface area contributed by atoms with Crippen molar-refractivity contribution in [1.29, 1.82) is 0 Å². The second-order valence-corrected chi connectivity index (χ2v) is 7.09. The highest BCUT2D eigenvalue weighted by Gasteiger charge is 2.36. The maximum absolute atomic E-state index is 14.4. The summed E-state index contributed by atoms with van der Waals surface area (Å²) in [4.78, 5) is 28.2. The lowest BCUT2D eigenvalue weighted by Crippen LogP contribution is -2.22. The van der Waals surface area contributed by atoms with Gasteiger partial charge in [-0.1, -0.05) is 12.1 Å². The minimum absolute atomic E-state index is 0.0203. The Hall–Kier alpha value is -3.29. The fourth-order valence-corrected chi connectivity index (χ4v) is 3.44. The van der Waals surface area contributed by atoms with Crippen molar-refractivity contribution in [1.82, 2.24) is 5.32 Å². The van der Waals surface area contributed by atoms with Gasteiger partial charge in [0, 0.05) is 29.9 Å². The van der Waals surface area contributed by atoms with Crippen molar-refractivity contribution < 1.29 is 23.1 Å². The first kappa shape index (κ1) is 19.0. The number of rotatable bonds is 4. The number of benzene rings is 2. The standard InChI is InChI=1S/C21H19F2N3O3/c1-29-14-8-16(22)18(17(23)9-14)15-10-24-20(27)19(15)26-21(28)25-13-6-4-12(5-7-13)11-2-3-11/h4-9,11,15H,2-3,10H2,1H3,(H,24,27)(H,25,28)/t15-/m0/s1. The summed E-state index contributed by atoms with van der Waals surface area (Å²) in [6, 6.07) is 8.68. The molecule has 3 amide bonds. The molecule has 1 atom stereocenters. The zero-order chi connectivity index (χ0) is 20.5. The Morgan fingerprint density at radius 2 is 1.83 bits per heavy atom. The Balaban J connectivity index is 1.56. The molecule has 1 aliphatic heterocycles. The zero-order valence-electron chi connectivity index (χ0n) is 15.7. The highest BCUT2D eigenvalue weighted by atomic mass is 19.1. The number of carbonyl (C=O) groups is 2. The number of hydrogen-bond donors (Lipinski definition) is 2. The molecular formula is C21H19F2N3O3. The van der Waals surface area contributed by atoms with Crippen LogP contribution in [0.25, 0.3) is 0 Å². The lowest BCUT2D eigenvalue weighted by Gasteiger charge is -2.13. The average Bonchev–Trinajstić information content (AvgIpc) is 3.48. The van der Waals surface area contributed by atoms with Crippen molar-refractivity contribution in [2.45, 2.75) is 24.7 Å². The van der Waals surface area contributed by atoms with Crippen LogP contribution in [0.5, 0.6) is 5.75 Å². The zero-order valence-corrected chi connectivity index (χ0v) is 15.7. The smallest absolute Gasteiger partial charge is 0.345 e. The van der Waals surface area contributed by atoms with E-state index in [1.165, 1.54) is 25.5 Å². The van der Waals surface area contributed by atoms with Crippen molar-refractivity contribution in [3.63, 3.8) is 0 Å². The number of nitrogens with one attached hydrogen (secondary N) is 2. The van der Waals surface area contributed by atoms with Crippen LogP contribution in [0.15, 0.2) is 41.4 Å². The maximum Gasteiger partial charge on any atom is 0.345 e. The van der Waals surface area contributed by atoms with Crippen molar-refractivity contribution >= 4 is 23.3 Å². The van der Waals surface area contributed by atoms with E-state index in [1.54, 1.807) is 12.1 Å². The molecule has 1 heterocycles. The molecule has 1 saturated heterocycles. The first-order valence-electron chi connectivity index (χ1n) is 9.27. The lowest BCUT2D eigenvalue weighted by atomic mass is 9.95. The fraction of sp³-hybridized carbons (Fsp3) is 0.286. The second-order valence-electron chi connectivity index (χ2n) is 7.09. The SMILES string of the molecule is COc1cc(F)c([C@@H]2CNC(=O)C2=NC(=O)Nc2ccc(C3CC3)cc2)c(F)c1. The van der Waals surface area contributed by atoms with Crippen LogP contribution in [0, 0.1) is 11.6 Å². The van der Waals surface area contributed by atoms with Crippen molar-refractivity contribution in [2.75, 3.05) is 19.0 Å². The van der Waals surface area contributed by atoms with Gasteiger partial charge in [-0.15, -0.1) is 0 Å². The number of hydrogen-bond acceptors (Lipinski definition) is 3. The predicted octanol–water partition coefficient (Wildman–Crippen LogP) is 3.74. The number of methoxy groups -OCH3 is 1. The van der Waals surface area contributed by atoms with Gasteiger partial charge in [0.15, 0.2) is 0 Å². The van der Waals surface area contributed by atoms with Gasteiger partial charge < -0.3 is 15.4 Å². The number of amides is 3. The van der Waals surface area contributed by atoms with Gasteiger partial charge in [0.2, 0.25) is 0 Å². The van der Waals surface area contributed by atoms with Gasteiger partial charge in [0.25, 0.3) is 5.91 Å². The third-order valence-corrected chi connectivity index (χ3v) is 5.10. The van der Waals surface area contributed by atoms with Crippen molar-refractivity contribution in [2.24, 2.45) is 4.99 Å². The van der Waals surface area contributed by atoms with Crippen LogP contribution in [0.1, 0.15) is 35.8 Å². The van der Waals surface area contributed by atoms with E-state index in [1.807, 2.05) is 12.1 Å². The summed E-state index contributed by atoms with van der Waals surface area (Å²) in [6.07, 6.45) is 2.35. The number of carbonyl (C=O) groups excluding carboxylic acids is 2. The molecular weight excluding hydrogens is 380 g/mol. The van der Waals surface area contributed by atoms with Crippen LogP contribution in [0.4, 0.5) is 19.3 Å². The molecule has 4 rings (SSSR count). The first-order chi connectivity index (χ1) is 14.0. The monoisotopic (exact) mass is 399 g/mol. The summed E-state index contributed by atoms with van der Waals surface area (Å²) in [5.41, 5.74) is 1.18. The van der Waals surface area contributed by atoms with Crippen LogP contribution in [-0.4, -0.2) is 31.3 Å². The van der Waals surface area contributed by atoms with E-state index in [0.29, 0.717) is 11.6 Å². The van der Waals surface area contributed by atoms with Crippen LogP contribution >= 0.6 is 0 Å². The number of urea groups is 1. The van der Waals surface area contributed by atoms with Gasteiger partial charge in [-0.3, -0.25) is 4.79 Å². The van der Waals surface area contributed by atoms with Crippen LogP contribution in [0.3, 0.4) is 0 Å². The molecule has 1 saturated carbocycles. The summed E-state index contributed by atoms with van der Waals surface area (Å²) in [7, 11) is 1.29. The van der Waals surface area contributed by atoms with Crippen molar-refractivity contribution in [3.8, 4) is 5.75 Å². The van der Waals surface area contributed by atoms with Gasteiger partial charge in [0.05, 0.1) is 13.0 Å². The maximum atomic E-state index is 14.4. The summed E-state index contributed by atoms with van der Waals surface area (Å²) in [5, 5.41) is 5.06. The van der Waals surface area contributed by atoms with Gasteiger partial charge in [-0.2, -0.15) is 4.99 Å². The molecule has 2 aromatic carbocycles. The van der Waals surface area contributed by atoms with Crippen LogP contribution in [0.2, 0.25) is 0 Å². The second kappa shape index (κ2) is 7.62. The van der Waals surface area contributed by atoms with E-state index in [0.717, 1.165) is 12.1 Å². The molecule has 0 aromatic heterocycles. The van der Waals surface area contributed by atoms with E-state index in [2.05, 4.69) is 15.6 Å². The molecule has 1 aliphatic carbocycles. The Bertz CT molecular complexity index is 978. The van der Waals surface area contributed by atoms with E-state index in [-0.39, 0.29) is 23.6 Å². The van der Waals surface area contributed by atoms with E-state index < -0.39 is 29.5 Å². The number of anilines is 1. The van der Waals surface area contributed by atoms with Gasteiger partial charge in [-0.25, -0.2) is 13.6 Å². The minimum atomic E-state index is -1.02. The third-order valence-electron chi connectivity index (χ3n) is 5.10. The Kier molecular flexibility index (Phi) is 5.00. The molecule has 0 spiro atoms. The molecule has 29 heavy (non-hydrogen) atoms. The quantitative estimate of drug-likeness (QED) is 0.822. The van der Waals surface area contributed by atoms with E-state index >= 15 is 0 Å². The largest absolute Gasteiger partial charge is 0.497 e. The molecule has 2 aromatic rings. The highest BCUT2D eigenvalue weighted by Crippen LogP contribution is 2.40. The van der Waals surface area contributed by atoms with Gasteiger partial charge in [0.1, 0.15) is 23.1 Å². The number of aliphatic imine (C=N–C) groups is 1. The molecule has 2 N–H and O–H groups in total. The Morgan fingerprint density at radius 3 is 2.41 bits per heavy atom. The normalized spacial score (nSPS) is 19.9.